The molecule has 0 aliphatic carbocycles. The van der Waals surface area contributed by atoms with Gasteiger partial charge in [-0.15, -0.1) is 0 Å². The number of carbonyl (C=O) groups is 1. The van der Waals surface area contributed by atoms with Gasteiger partial charge in [0.1, 0.15) is 0 Å². The highest BCUT2D eigenvalue weighted by atomic mass is 32.2. The number of benzene rings is 1. The summed E-state index contributed by atoms with van der Waals surface area (Å²) in [5.74, 6) is -0.496. The first-order valence-corrected chi connectivity index (χ1v) is 7.84. The molecule has 1 aromatic carbocycles. The predicted octanol–water partition coefficient (Wildman–Crippen LogP) is 0.469. The van der Waals surface area contributed by atoms with Gasteiger partial charge in [-0.2, -0.15) is 0 Å². The second kappa shape index (κ2) is 4.21. The molecule has 0 spiro atoms. The van der Waals surface area contributed by atoms with Crippen LogP contribution in [0.3, 0.4) is 0 Å². The summed E-state index contributed by atoms with van der Waals surface area (Å²) < 4.78 is 28.8. The van der Waals surface area contributed by atoms with Gasteiger partial charge in [0.25, 0.3) is 0 Å². The molecule has 2 unspecified atom stereocenters. The molecule has 3 rings (SSSR count). The molecule has 1 saturated heterocycles. The Kier molecular flexibility index (Phi) is 2.75. The SMILES string of the molecule is CS(=O)(=O)c1cccc2c1NC(=O)C1COCC1N2. The summed E-state index contributed by atoms with van der Waals surface area (Å²) >= 11 is 0. The number of sulfone groups is 1. The average Bonchev–Trinajstić information content (AvgIpc) is 2.73. The zero-order valence-corrected chi connectivity index (χ0v) is 11.2. The number of hydrogen-bond donors (Lipinski definition) is 2. The van der Waals surface area contributed by atoms with Gasteiger partial charge < -0.3 is 15.4 Å². The average molecular weight is 282 g/mol. The first-order chi connectivity index (χ1) is 8.97. The molecule has 6 nitrogen and oxygen atoms in total. The number of nitrogens with one attached hydrogen (secondary N) is 2. The summed E-state index contributed by atoms with van der Waals surface area (Å²) in [7, 11) is -3.39. The van der Waals surface area contributed by atoms with Crippen molar-refractivity contribution in [3.05, 3.63) is 18.2 Å². The maximum absolute atomic E-state index is 12.1. The van der Waals surface area contributed by atoms with E-state index in [1.807, 2.05) is 0 Å². The predicted molar refractivity (Wildman–Crippen MR) is 69.9 cm³/mol. The van der Waals surface area contributed by atoms with Gasteiger partial charge in [-0.3, -0.25) is 4.79 Å². The number of hydrogen-bond acceptors (Lipinski definition) is 5. The van der Waals surface area contributed by atoms with Gasteiger partial charge in [0.05, 0.1) is 41.4 Å². The summed E-state index contributed by atoms with van der Waals surface area (Å²) in [6.45, 7) is 0.798. The molecule has 0 aromatic heterocycles. The molecule has 2 aliphatic heterocycles. The van der Waals surface area contributed by atoms with Crippen LogP contribution in [0.25, 0.3) is 0 Å². The number of anilines is 2. The van der Waals surface area contributed by atoms with Crippen LogP contribution >= 0.6 is 0 Å². The van der Waals surface area contributed by atoms with Gasteiger partial charge in [0, 0.05) is 6.26 Å². The zero-order chi connectivity index (χ0) is 13.6. The fourth-order valence-electron chi connectivity index (χ4n) is 2.46. The van der Waals surface area contributed by atoms with Crippen LogP contribution < -0.4 is 10.6 Å². The third-order valence-corrected chi connectivity index (χ3v) is 4.57. The van der Waals surface area contributed by atoms with Gasteiger partial charge in [-0.25, -0.2) is 8.42 Å². The molecule has 2 atom stereocenters. The largest absolute Gasteiger partial charge is 0.378 e. The topological polar surface area (TPSA) is 84.5 Å². The Morgan fingerprint density at radius 2 is 2.11 bits per heavy atom. The highest BCUT2D eigenvalue weighted by Crippen LogP contribution is 2.35. The summed E-state index contributed by atoms with van der Waals surface area (Å²) in [5, 5.41) is 5.90. The molecule has 0 bridgehead atoms. The van der Waals surface area contributed by atoms with Crippen molar-refractivity contribution in [3.63, 3.8) is 0 Å². The van der Waals surface area contributed by atoms with Crippen LogP contribution in [0.1, 0.15) is 0 Å². The lowest BCUT2D eigenvalue weighted by atomic mass is 10.0. The highest BCUT2D eigenvalue weighted by Gasteiger charge is 2.38. The Bertz CT molecular complexity index is 641. The Hall–Kier alpha value is -1.60. The minimum atomic E-state index is -3.39. The van der Waals surface area contributed by atoms with E-state index in [-0.39, 0.29) is 22.8 Å². The van der Waals surface area contributed by atoms with Crippen LogP contribution in [-0.4, -0.2) is 39.8 Å². The first kappa shape index (κ1) is 12.4. The van der Waals surface area contributed by atoms with Gasteiger partial charge in [-0.1, -0.05) is 6.07 Å². The van der Waals surface area contributed by atoms with E-state index in [2.05, 4.69) is 10.6 Å². The molecular weight excluding hydrogens is 268 g/mol. The monoisotopic (exact) mass is 282 g/mol. The standard InChI is InChI=1S/C12H14N2O4S/c1-19(16,17)10-4-2-3-8-11(10)14-12(15)7-5-18-6-9(7)13-8/h2-4,7,9,13H,5-6H2,1H3,(H,14,15). The summed E-state index contributed by atoms with van der Waals surface area (Å²) in [4.78, 5) is 12.2. The maximum Gasteiger partial charge on any atom is 0.232 e. The van der Waals surface area contributed by atoms with Gasteiger partial charge in [-0.05, 0) is 12.1 Å². The van der Waals surface area contributed by atoms with Crippen LogP contribution in [0.4, 0.5) is 11.4 Å². The van der Waals surface area contributed by atoms with Crippen molar-refractivity contribution in [2.24, 2.45) is 5.92 Å². The highest BCUT2D eigenvalue weighted by molar-refractivity contribution is 7.90. The normalized spacial score (nSPS) is 25.8. The van der Waals surface area contributed by atoms with Crippen LogP contribution in [0.5, 0.6) is 0 Å². The quantitative estimate of drug-likeness (QED) is 0.782. The number of fused-ring (bicyclic) bond motifs is 2. The molecule has 1 fully saturated rings. The molecule has 1 amide bonds. The van der Waals surface area contributed by atoms with E-state index >= 15 is 0 Å². The van der Waals surface area contributed by atoms with Crippen LogP contribution in [-0.2, 0) is 19.4 Å². The third kappa shape index (κ3) is 2.08. The van der Waals surface area contributed by atoms with Crippen molar-refractivity contribution in [2.45, 2.75) is 10.9 Å². The van der Waals surface area contributed by atoms with Gasteiger partial charge in [0.15, 0.2) is 9.84 Å². The van der Waals surface area contributed by atoms with E-state index < -0.39 is 9.84 Å². The number of para-hydroxylation sites is 1. The van der Waals surface area contributed by atoms with Crippen molar-refractivity contribution < 1.29 is 17.9 Å². The van der Waals surface area contributed by atoms with Gasteiger partial charge >= 0.3 is 0 Å². The molecule has 2 heterocycles. The molecule has 0 saturated carbocycles. The summed E-state index contributed by atoms with van der Waals surface area (Å²) in [6, 6.07) is 4.79. The van der Waals surface area contributed by atoms with E-state index in [4.69, 9.17) is 4.74 Å². The molecule has 7 heteroatoms. The van der Waals surface area contributed by atoms with E-state index in [0.717, 1.165) is 6.26 Å². The molecule has 0 radical (unpaired) electrons. The fourth-order valence-corrected chi connectivity index (χ4v) is 3.32. The third-order valence-electron chi connectivity index (χ3n) is 3.43. The summed E-state index contributed by atoms with van der Waals surface area (Å²) in [5.41, 5.74) is 0.957. The molecule has 2 N–H and O–H groups in total. The first-order valence-electron chi connectivity index (χ1n) is 5.95. The van der Waals surface area contributed by atoms with E-state index in [0.29, 0.717) is 24.6 Å². The molecule has 1 aromatic rings. The van der Waals surface area contributed by atoms with E-state index in [9.17, 15) is 13.2 Å². The lowest BCUT2D eigenvalue weighted by Gasteiger charge is -2.15. The minimum Gasteiger partial charge on any atom is -0.378 e. The Morgan fingerprint density at radius 3 is 2.84 bits per heavy atom. The second-order valence-corrected chi connectivity index (χ2v) is 6.82. The molecule has 19 heavy (non-hydrogen) atoms. The molecular formula is C12H14N2O4S. The van der Waals surface area contributed by atoms with Crippen molar-refractivity contribution in [1.82, 2.24) is 0 Å². The zero-order valence-electron chi connectivity index (χ0n) is 10.3. The van der Waals surface area contributed by atoms with Crippen LogP contribution in [0, 0.1) is 5.92 Å². The number of amides is 1. The smallest absolute Gasteiger partial charge is 0.232 e. The second-order valence-electron chi connectivity index (χ2n) is 4.83. The van der Waals surface area contributed by atoms with E-state index in [1.165, 1.54) is 6.07 Å². The Balaban J connectivity index is 2.13. The lowest BCUT2D eigenvalue weighted by molar-refractivity contribution is -0.119. The number of carbonyl (C=O) groups excluding carboxylic acids is 1. The maximum atomic E-state index is 12.1. The number of rotatable bonds is 1. The number of ether oxygens (including phenoxy) is 1. The fraction of sp³-hybridized carbons (Fsp3) is 0.417. The van der Waals surface area contributed by atoms with Crippen molar-refractivity contribution in [2.75, 3.05) is 30.1 Å². The van der Waals surface area contributed by atoms with Crippen molar-refractivity contribution >= 4 is 27.1 Å². The van der Waals surface area contributed by atoms with E-state index in [1.54, 1.807) is 12.1 Å². The van der Waals surface area contributed by atoms with Gasteiger partial charge in [0.2, 0.25) is 5.91 Å². The molecule has 102 valence electrons. The Morgan fingerprint density at radius 1 is 1.32 bits per heavy atom. The Labute approximate surface area is 111 Å². The van der Waals surface area contributed by atoms with Crippen molar-refractivity contribution in [1.29, 1.82) is 0 Å². The van der Waals surface area contributed by atoms with Crippen LogP contribution in [0.2, 0.25) is 0 Å². The summed E-state index contributed by atoms with van der Waals surface area (Å²) in [6.07, 6.45) is 1.13. The molecule has 2 aliphatic rings. The lowest BCUT2D eigenvalue weighted by Crippen LogP contribution is -2.33. The van der Waals surface area contributed by atoms with Crippen LogP contribution in [0.15, 0.2) is 23.1 Å². The minimum absolute atomic E-state index is 0.115. The van der Waals surface area contributed by atoms with Crippen molar-refractivity contribution in [3.8, 4) is 0 Å².